The molecule has 0 aliphatic carbocycles. The molecule has 1 unspecified atom stereocenters. The van der Waals surface area contributed by atoms with Crippen LogP contribution in [0.25, 0.3) is 0 Å². The van der Waals surface area contributed by atoms with Gasteiger partial charge in [-0.25, -0.2) is 4.39 Å². The van der Waals surface area contributed by atoms with Crippen LogP contribution in [0, 0.1) is 5.82 Å². The lowest BCUT2D eigenvalue weighted by atomic mass is 10.1. The van der Waals surface area contributed by atoms with Crippen LogP contribution in [0.2, 0.25) is 5.02 Å². The summed E-state index contributed by atoms with van der Waals surface area (Å²) in [4.78, 5) is 27.7. The summed E-state index contributed by atoms with van der Waals surface area (Å²) >= 11 is 7.65. The van der Waals surface area contributed by atoms with Crippen molar-refractivity contribution in [2.45, 2.75) is 58.0 Å². The molecule has 0 aliphatic rings. The van der Waals surface area contributed by atoms with E-state index in [1.165, 1.54) is 17.8 Å². The van der Waals surface area contributed by atoms with Crippen LogP contribution in [-0.4, -0.2) is 34.0 Å². The lowest BCUT2D eigenvalue weighted by Crippen LogP contribution is -2.53. The second kappa shape index (κ2) is 11.5. The maximum absolute atomic E-state index is 13.9. The number of halogens is 2. The van der Waals surface area contributed by atoms with Crippen molar-refractivity contribution >= 4 is 35.2 Å². The molecule has 1 N–H and O–H groups in total. The van der Waals surface area contributed by atoms with E-state index < -0.39 is 11.6 Å². The third kappa shape index (κ3) is 7.86. The van der Waals surface area contributed by atoms with Gasteiger partial charge in [-0.1, -0.05) is 54.9 Å². The van der Waals surface area contributed by atoms with Gasteiger partial charge in [-0.2, -0.15) is 0 Å². The molecule has 1 atom stereocenters. The summed E-state index contributed by atoms with van der Waals surface area (Å²) in [5.41, 5.74) is 0.914. The number of rotatable bonds is 9. The lowest BCUT2D eigenvalue weighted by Gasteiger charge is -2.33. The number of amides is 2. The number of carbonyl (C=O) groups excluding carboxylic acids is 2. The molecule has 2 aromatic rings. The molecular formula is C24H30ClFN2O2S. The Kier molecular flexibility index (Phi) is 9.38. The van der Waals surface area contributed by atoms with Gasteiger partial charge in [-0.3, -0.25) is 9.59 Å². The van der Waals surface area contributed by atoms with Gasteiger partial charge in [0.15, 0.2) is 0 Å². The fourth-order valence-electron chi connectivity index (χ4n) is 3.13. The standard InChI is InChI=1S/C24H30ClFN2O2S/c1-5-21(23(30)27-24(2,3)4)28(14-17-10-6-8-12-19(17)25)22(29)16-31-15-18-11-7-9-13-20(18)26/h6-13,21H,5,14-16H2,1-4H3,(H,27,30). The maximum atomic E-state index is 13.9. The first-order valence-electron chi connectivity index (χ1n) is 10.3. The van der Waals surface area contributed by atoms with Crippen LogP contribution in [0.5, 0.6) is 0 Å². The molecule has 2 amide bonds. The number of carbonyl (C=O) groups is 2. The van der Waals surface area contributed by atoms with Crippen LogP contribution in [0.15, 0.2) is 48.5 Å². The molecule has 31 heavy (non-hydrogen) atoms. The minimum absolute atomic E-state index is 0.137. The van der Waals surface area contributed by atoms with Gasteiger partial charge in [-0.15, -0.1) is 11.8 Å². The topological polar surface area (TPSA) is 49.4 Å². The number of thioether (sulfide) groups is 1. The summed E-state index contributed by atoms with van der Waals surface area (Å²) in [6.07, 6.45) is 0.468. The van der Waals surface area contributed by atoms with Gasteiger partial charge in [-0.05, 0) is 50.5 Å². The number of nitrogens with one attached hydrogen (secondary N) is 1. The Morgan fingerprint density at radius 2 is 1.71 bits per heavy atom. The zero-order valence-electron chi connectivity index (χ0n) is 18.5. The fraction of sp³-hybridized carbons (Fsp3) is 0.417. The average molecular weight is 465 g/mol. The normalized spacial score (nSPS) is 12.3. The zero-order chi connectivity index (χ0) is 23.0. The van der Waals surface area contributed by atoms with Gasteiger partial charge in [0.25, 0.3) is 0 Å². The van der Waals surface area contributed by atoms with Crippen molar-refractivity contribution in [1.29, 1.82) is 0 Å². The first-order valence-corrected chi connectivity index (χ1v) is 11.8. The fourth-order valence-corrected chi connectivity index (χ4v) is 4.22. The molecule has 0 heterocycles. The van der Waals surface area contributed by atoms with E-state index in [9.17, 15) is 14.0 Å². The first kappa shape index (κ1) is 25.2. The monoisotopic (exact) mass is 464 g/mol. The Morgan fingerprint density at radius 3 is 2.29 bits per heavy atom. The van der Waals surface area contributed by atoms with Crippen LogP contribution < -0.4 is 5.32 Å². The molecule has 2 rings (SSSR count). The summed E-state index contributed by atoms with van der Waals surface area (Å²) < 4.78 is 13.9. The molecular weight excluding hydrogens is 435 g/mol. The van der Waals surface area contributed by atoms with Gasteiger partial charge in [0.1, 0.15) is 11.9 Å². The van der Waals surface area contributed by atoms with Crippen molar-refractivity contribution in [3.63, 3.8) is 0 Å². The quantitative estimate of drug-likeness (QED) is 0.538. The Morgan fingerprint density at radius 1 is 1.10 bits per heavy atom. The molecule has 0 aromatic heterocycles. The number of hydrogen-bond donors (Lipinski definition) is 1. The van der Waals surface area contributed by atoms with Crippen LogP contribution in [-0.2, 0) is 21.9 Å². The smallest absolute Gasteiger partial charge is 0.243 e. The maximum Gasteiger partial charge on any atom is 0.243 e. The SMILES string of the molecule is CCC(C(=O)NC(C)(C)C)N(Cc1ccccc1Cl)C(=O)CSCc1ccccc1F. The second-order valence-electron chi connectivity index (χ2n) is 8.36. The number of hydrogen-bond acceptors (Lipinski definition) is 3. The molecule has 0 saturated heterocycles. The van der Waals surface area contributed by atoms with Gasteiger partial charge in [0.05, 0.1) is 5.75 Å². The van der Waals surface area contributed by atoms with Crippen molar-refractivity contribution in [1.82, 2.24) is 10.2 Å². The summed E-state index contributed by atoms with van der Waals surface area (Å²) in [6, 6.07) is 13.2. The molecule has 0 radical (unpaired) electrons. The van der Waals surface area contributed by atoms with E-state index >= 15 is 0 Å². The van der Waals surface area contributed by atoms with E-state index in [4.69, 9.17) is 11.6 Å². The first-order chi connectivity index (χ1) is 14.6. The highest BCUT2D eigenvalue weighted by Crippen LogP contribution is 2.22. The Balaban J connectivity index is 2.19. The minimum Gasteiger partial charge on any atom is -0.350 e. The average Bonchev–Trinajstić information content (AvgIpc) is 2.69. The van der Waals surface area contributed by atoms with Gasteiger partial charge >= 0.3 is 0 Å². The lowest BCUT2D eigenvalue weighted by molar-refractivity contribution is -0.140. The number of nitrogens with zero attached hydrogens (tertiary/aromatic N) is 1. The second-order valence-corrected chi connectivity index (χ2v) is 9.75. The van der Waals surface area contributed by atoms with E-state index in [0.717, 1.165) is 5.56 Å². The van der Waals surface area contributed by atoms with Gasteiger partial charge in [0.2, 0.25) is 11.8 Å². The molecule has 0 bridgehead atoms. The predicted octanol–water partition coefficient (Wildman–Crippen LogP) is 5.43. The van der Waals surface area contributed by atoms with Crippen molar-refractivity contribution < 1.29 is 14.0 Å². The molecule has 168 valence electrons. The van der Waals surface area contributed by atoms with Crippen molar-refractivity contribution in [3.05, 3.63) is 70.5 Å². The molecule has 0 saturated carbocycles. The molecule has 7 heteroatoms. The molecule has 4 nitrogen and oxygen atoms in total. The highest BCUT2D eigenvalue weighted by molar-refractivity contribution is 7.99. The summed E-state index contributed by atoms with van der Waals surface area (Å²) in [5, 5.41) is 3.52. The van der Waals surface area contributed by atoms with E-state index in [0.29, 0.717) is 22.8 Å². The summed E-state index contributed by atoms with van der Waals surface area (Å²) in [5.74, 6) is -0.153. The van der Waals surface area contributed by atoms with Crippen LogP contribution >= 0.6 is 23.4 Å². The van der Waals surface area contributed by atoms with Crippen LogP contribution in [0.3, 0.4) is 0 Å². The van der Waals surface area contributed by atoms with Crippen LogP contribution in [0.1, 0.15) is 45.2 Å². The minimum atomic E-state index is -0.628. The van der Waals surface area contributed by atoms with Crippen molar-refractivity contribution in [3.8, 4) is 0 Å². The third-order valence-corrected chi connectivity index (χ3v) is 5.96. The zero-order valence-corrected chi connectivity index (χ0v) is 20.0. The van der Waals surface area contributed by atoms with Crippen LogP contribution in [0.4, 0.5) is 4.39 Å². The van der Waals surface area contributed by atoms with E-state index in [1.54, 1.807) is 29.2 Å². The van der Waals surface area contributed by atoms with Crippen molar-refractivity contribution in [2.24, 2.45) is 0 Å². The summed E-state index contributed by atoms with van der Waals surface area (Å²) in [7, 11) is 0. The largest absolute Gasteiger partial charge is 0.350 e. The summed E-state index contributed by atoms with van der Waals surface area (Å²) in [6.45, 7) is 7.83. The van der Waals surface area contributed by atoms with Gasteiger partial charge in [0, 0.05) is 22.9 Å². The molecule has 2 aromatic carbocycles. The third-order valence-electron chi connectivity index (χ3n) is 4.62. The highest BCUT2D eigenvalue weighted by atomic mass is 35.5. The predicted molar refractivity (Wildman–Crippen MR) is 127 cm³/mol. The highest BCUT2D eigenvalue weighted by Gasteiger charge is 2.30. The molecule has 0 fully saturated rings. The Labute approximate surface area is 193 Å². The van der Waals surface area contributed by atoms with E-state index in [-0.39, 0.29) is 29.9 Å². The van der Waals surface area contributed by atoms with E-state index in [2.05, 4.69) is 5.32 Å². The van der Waals surface area contributed by atoms with E-state index in [1.807, 2.05) is 45.9 Å². The molecule has 0 aliphatic heterocycles. The van der Waals surface area contributed by atoms with Gasteiger partial charge < -0.3 is 10.2 Å². The molecule has 0 spiro atoms. The van der Waals surface area contributed by atoms with Crippen molar-refractivity contribution in [2.75, 3.05) is 5.75 Å². The number of benzene rings is 2. The Bertz CT molecular complexity index is 901. The Hall–Kier alpha value is -2.05.